The summed E-state index contributed by atoms with van der Waals surface area (Å²) in [5.41, 5.74) is 1.61. The van der Waals surface area contributed by atoms with E-state index in [1.165, 1.54) is 60.7 Å². The summed E-state index contributed by atoms with van der Waals surface area (Å²) in [6.07, 6.45) is -0.745. The first-order valence-electron chi connectivity index (χ1n) is 16.9. The Balaban J connectivity index is 1.58. The van der Waals surface area contributed by atoms with E-state index >= 15 is 0 Å². The Morgan fingerprint density at radius 3 is 1.22 bits per heavy atom. The standard InChI is InChI=1S/C40H44O14/c1-5-33(41)49-19-7-9-21-51-39(47)53-31-17-15-29(23-25(31)3)37(45)35(43)27-11-13-28(14-12-27)36(44)38(46)30-16-18-32(26(4)24-30)54-40(48)52-22-10-8-20-50-34(42)6-2/h5-6,11-18,23-24,37-38,43-46H,1-2,7-10,19-22H2,3-4H3. The zero-order valence-corrected chi connectivity index (χ0v) is 30.0. The highest BCUT2D eigenvalue weighted by Crippen LogP contribution is 2.28. The molecule has 0 radical (unpaired) electrons. The van der Waals surface area contributed by atoms with Crippen molar-refractivity contribution in [3.63, 3.8) is 0 Å². The second-order valence-electron chi connectivity index (χ2n) is 11.8. The van der Waals surface area contributed by atoms with E-state index in [0.717, 1.165) is 12.2 Å². The number of hydrogen-bond acceptors (Lipinski definition) is 14. The van der Waals surface area contributed by atoms with Gasteiger partial charge in [-0.25, -0.2) is 19.2 Å². The molecule has 0 heterocycles. The number of carbonyl (C=O) groups is 4. The molecule has 0 aromatic heterocycles. The number of hydrogen-bond donors (Lipinski definition) is 4. The van der Waals surface area contributed by atoms with Gasteiger partial charge in [0, 0.05) is 22.6 Å². The molecule has 0 aliphatic heterocycles. The fourth-order valence-electron chi connectivity index (χ4n) is 4.78. The second kappa shape index (κ2) is 21.4. The van der Waals surface area contributed by atoms with Gasteiger partial charge >= 0.3 is 24.2 Å². The lowest BCUT2D eigenvalue weighted by Crippen LogP contribution is -2.18. The minimum absolute atomic E-state index is 0.0565. The van der Waals surface area contributed by atoms with Crippen molar-refractivity contribution in [3.8, 4) is 11.5 Å². The number of ether oxygens (including phenoxy) is 6. The lowest BCUT2D eigenvalue weighted by molar-refractivity contribution is -0.138. The Hall–Kier alpha value is -6.12. The number of unbranched alkanes of at least 4 members (excludes halogenated alkanes) is 2. The molecule has 3 rings (SSSR count). The number of benzene rings is 3. The van der Waals surface area contributed by atoms with Crippen LogP contribution in [0.15, 0.2) is 86.0 Å². The molecule has 0 fully saturated rings. The van der Waals surface area contributed by atoms with Crippen LogP contribution in [0.5, 0.6) is 11.5 Å². The summed E-state index contributed by atoms with van der Waals surface area (Å²) in [4.78, 5) is 46.2. The first kappa shape index (κ1) is 42.3. The summed E-state index contributed by atoms with van der Waals surface area (Å²) >= 11 is 0. The van der Waals surface area contributed by atoms with Gasteiger partial charge in [-0.2, -0.15) is 0 Å². The maximum absolute atomic E-state index is 12.1. The zero-order valence-electron chi connectivity index (χ0n) is 30.0. The molecule has 0 spiro atoms. The fraction of sp³-hybridized carbons (Fsp3) is 0.300. The Morgan fingerprint density at radius 1 is 0.574 bits per heavy atom. The van der Waals surface area contributed by atoms with Crippen molar-refractivity contribution in [1.82, 2.24) is 0 Å². The van der Waals surface area contributed by atoms with Crippen molar-refractivity contribution in [2.75, 3.05) is 26.4 Å². The van der Waals surface area contributed by atoms with E-state index in [1.807, 2.05) is 0 Å². The molecule has 14 nitrogen and oxygen atoms in total. The average molecular weight is 749 g/mol. The Labute approximate surface area is 311 Å². The molecular weight excluding hydrogens is 704 g/mol. The number of aryl methyl sites for hydroxylation is 2. The van der Waals surface area contributed by atoms with Crippen molar-refractivity contribution in [2.45, 2.75) is 51.7 Å². The van der Waals surface area contributed by atoms with Crippen LogP contribution >= 0.6 is 0 Å². The topological polar surface area (TPSA) is 205 Å². The quantitative estimate of drug-likeness (QED) is 0.0437. The van der Waals surface area contributed by atoms with Gasteiger partial charge in [-0.05, 0) is 86.1 Å². The lowest BCUT2D eigenvalue weighted by Gasteiger charge is -2.14. The minimum atomic E-state index is -1.44. The Morgan fingerprint density at radius 2 is 0.907 bits per heavy atom. The molecule has 4 N–H and O–H groups in total. The summed E-state index contributed by atoms with van der Waals surface area (Å²) in [7, 11) is 0. The van der Waals surface area contributed by atoms with Crippen LogP contribution in [0, 0.1) is 13.8 Å². The van der Waals surface area contributed by atoms with Crippen LogP contribution in [-0.4, -0.2) is 71.1 Å². The molecule has 3 aromatic rings. The molecule has 2 atom stereocenters. The SMILES string of the molecule is C=CC(=O)OCCCCOC(=O)Oc1ccc(C(O)C(O)=c2ccc(=C(O)C(O)c3ccc(OC(=O)OCCCCOC(=O)C=C)c(C)c3)cc2)cc1C. The fourth-order valence-corrected chi connectivity index (χ4v) is 4.78. The van der Waals surface area contributed by atoms with Crippen LogP contribution in [0.1, 0.15) is 60.1 Å². The Kier molecular flexibility index (Phi) is 16.8. The molecule has 0 saturated carbocycles. The number of aliphatic hydroxyl groups is 4. The highest BCUT2D eigenvalue weighted by molar-refractivity contribution is 5.81. The number of rotatable bonds is 18. The predicted molar refractivity (Wildman–Crippen MR) is 195 cm³/mol. The summed E-state index contributed by atoms with van der Waals surface area (Å²) in [6, 6.07) is 14.8. The molecule has 0 aliphatic carbocycles. The molecule has 0 amide bonds. The van der Waals surface area contributed by atoms with Gasteiger partial charge in [0.2, 0.25) is 0 Å². The van der Waals surface area contributed by atoms with E-state index in [9.17, 15) is 39.6 Å². The van der Waals surface area contributed by atoms with Gasteiger partial charge < -0.3 is 48.8 Å². The summed E-state index contributed by atoms with van der Waals surface area (Å²) < 4.78 is 30.2. The highest BCUT2D eigenvalue weighted by Gasteiger charge is 2.18. The lowest BCUT2D eigenvalue weighted by atomic mass is 10.0. The van der Waals surface area contributed by atoms with Gasteiger partial charge in [0.05, 0.1) is 26.4 Å². The molecule has 288 valence electrons. The van der Waals surface area contributed by atoms with Crippen molar-refractivity contribution in [2.24, 2.45) is 0 Å². The highest BCUT2D eigenvalue weighted by atomic mass is 16.7. The number of carbonyl (C=O) groups excluding carboxylic acids is 4. The predicted octanol–water partition coefficient (Wildman–Crippen LogP) is 5.15. The van der Waals surface area contributed by atoms with Crippen LogP contribution in [0.2, 0.25) is 0 Å². The van der Waals surface area contributed by atoms with Crippen molar-refractivity contribution in [1.29, 1.82) is 0 Å². The van der Waals surface area contributed by atoms with Gasteiger partial charge in [-0.1, -0.05) is 49.6 Å². The molecule has 0 bridgehead atoms. The van der Waals surface area contributed by atoms with Crippen LogP contribution in [0.25, 0.3) is 11.5 Å². The maximum Gasteiger partial charge on any atom is 0.513 e. The van der Waals surface area contributed by atoms with Crippen LogP contribution in [0.3, 0.4) is 0 Å². The molecule has 2 unspecified atom stereocenters. The largest absolute Gasteiger partial charge is 0.513 e. The number of esters is 2. The van der Waals surface area contributed by atoms with Crippen LogP contribution in [-0.2, 0) is 28.5 Å². The van der Waals surface area contributed by atoms with E-state index in [2.05, 4.69) is 13.2 Å². The summed E-state index contributed by atoms with van der Waals surface area (Å²) in [6.45, 7) is 10.4. The smallest absolute Gasteiger partial charge is 0.509 e. The molecule has 3 aromatic carbocycles. The number of aliphatic hydroxyl groups excluding tert-OH is 4. The van der Waals surface area contributed by atoms with E-state index < -0.39 is 36.5 Å². The molecular formula is C40H44O14. The third-order valence-corrected chi connectivity index (χ3v) is 7.75. The van der Waals surface area contributed by atoms with Gasteiger partial charge in [0.15, 0.2) is 0 Å². The Bertz CT molecular complexity index is 1770. The molecule has 0 aliphatic rings. The monoisotopic (exact) mass is 748 g/mol. The molecule has 0 saturated heterocycles. The molecule has 14 heteroatoms. The van der Waals surface area contributed by atoms with E-state index in [0.29, 0.717) is 47.9 Å². The first-order valence-corrected chi connectivity index (χ1v) is 16.9. The van der Waals surface area contributed by atoms with E-state index in [-0.39, 0.29) is 59.9 Å². The van der Waals surface area contributed by atoms with E-state index in [4.69, 9.17) is 28.4 Å². The maximum atomic E-state index is 12.1. The van der Waals surface area contributed by atoms with Crippen molar-refractivity contribution in [3.05, 3.63) is 119 Å². The van der Waals surface area contributed by atoms with Gasteiger partial charge in [-0.3, -0.25) is 0 Å². The van der Waals surface area contributed by atoms with Crippen molar-refractivity contribution < 1.29 is 68.0 Å². The normalized spacial score (nSPS) is 11.6. The second-order valence-corrected chi connectivity index (χ2v) is 11.8. The zero-order chi connectivity index (χ0) is 39.6. The van der Waals surface area contributed by atoms with Gasteiger partial charge in [-0.15, -0.1) is 0 Å². The summed E-state index contributed by atoms with van der Waals surface area (Å²) in [5.74, 6) is -1.44. The average Bonchev–Trinajstić information content (AvgIpc) is 3.17. The third-order valence-electron chi connectivity index (χ3n) is 7.75. The van der Waals surface area contributed by atoms with E-state index in [1.54, 1.807) is 13.8 Å². The van der Waals surface area contributed by atoms with Crippen molar-refractivity contribution >= 4 is 35.8 Å². The molecule has 54 heavy (non-hydrogen) atoms. The van der Waals surface area contributed by atoms with Gasteiger partial charge in [0.1, 0.15) is 35.2 Å². The van der Waals surface area contributed by atoms with Gasteiger partial charge in [0.25, 0.3) is 0 Å². The summed E-state index contributed by atoms with van der Waals surface area (Å²) in [5, 5.41) is 43.9. The minimum Gasteiger partial charge on any atom is -0.509 e. The first-order chi connectivity index (χ1) is 25.8. The van der Waals surface area contributed by atoms with Crippen LogP contribution < -0.4 is 19.9 Å². The van der Waals surface area contributed by atoms with Crippen LogP contribution in [0.4, 0.5) is 9.59 Å². The third kappa shape index (κ3) is 13.1.